The Morgan fingerprint density at radius 1 is 1.22 bits per heavy atom. The maximum absolute atomic E-state index is 12.2. The van der Waals surface area contributed by atoms with Gasteiger partial charge in [-0.3, -0.25) is 9.59 Å². The molecule has 1 saturated carbocycles. The third-order valence-corrected chi connectivity index (χ3v) is 4.71. The van der Waals surface area contributed by atoms with Gasteiger partial charge in [0.2, 0.25) is 5.91 Å². The predicted octanol–water partition coefficient (Wildman–Crippen LogP) is 1.84. The molecule has 3 rings (SSSR count). The van der Waals surface area contributed by atoms with Crippen LogP contribution in [0.2, 0.25) is 0 Å². The first-order valence-electron chi connectivity index (χ1n) is 8.58. The lowest BCUT2D eigenvalue weighted by Crippen LogP contribution is -2.34. The van der Waals surface area contributed by atoms with Crippen LogP contribution in [0.5, 0.6) is 0 Å². The maximum atomic E-state index is 12.2. The van der Waals surface area contributed by atoms with Gasteiger partial charge in [-0.15, -0.1) is 0 Å². The van der Waals surface area contributed by atoms with Gasteiger partial charge in [0.25, 0.3) is 0 Å². The lowest BCUT2D eigenvalue weighted by Gasteiger charge is -2.27. The molecule has 1 amide bonds. The number of Topliss-reactive ketones (excluding diaryl/α,β-unsaturated/α-hetero) is 1. The Morgan fingerprint density at radius 2 is 1.96 bits per heavy atom. The van der Waals surface area contributed by atoms with Gasteiger partial charge < -0.3 is 10.2 Å². The van der Waals surface area contributed by atoms with Crippen LogP contribution in [0.25, 0.3) is 0 Å². The van der Waals surface area contributed by atoms with Gasteiger partial charge in [0, 0.05) is 38.0 Å². The third-order valence-electron chi connectivity index (χ3n) is 4.71. The molecule has 124 valence electrons. The molecular formula is C17H24N4O2. The van der Waals surface area contributed by atoms with Crippen LogP contribution in [0.3, 0.4) is 0 Å². The molecule has 0 unspecified atom stereocenters. The number of carbonyl (C=O) groups is 2. The van der Waals surface area contributed by atoms with Crippen LogP contribution in [-0.4, -0.2) is 34.7 Å². The van der Waals surface area contributed by atoms with Crippen LogP contribution in [0.4, 0.5) is 5.82 Å². The van der Waals surface area contributed by atoms with Gasteiger partial charge in [-0.05, 0) is 38.2 Å². The van der Waals surface area contributed by atoms with Crippen molar-refractivity contribution in [1.29, 1.82) is 0 Å². The highest BCUT2D eigenvalue weighted by Crippen LogP contribution is 2.21. The SMILES string of the molecule is O=C1CCC(C(=O)NCc2nccc(N3CCCCC3)n2)CC1. The van der Waals surface area contributed by atoms with E-state index in [4.69, 9.17) is 0 Å². The first-order chi connectivity index (χ1) is 11.2. The summed E-state index contributed by atoms with van der Waals surface area (Å²) in [7, 11) is 0. The highest BCUT2D eigenvalue weighted by molar-refractivity contribution is 5.84. The third kappa shape index (κ3) is 4.27. The predicted molar refractivity (Wildman–Crippen MR) is 86.9 cm³/mol. The standard InChI is InChI=1S/C17H24N4O2/c22-14-6-4-13(5-7-14)17(23)19-12-15-18-9-8-16(20-15)21-10-2-1-3-11-21/h8-9,13H,1-7,10-12H2,(H,19,23). The summed E-state index contributed by atoms with van der Waals surface area (Å²) in [5.74, 6) is 1.84. The summed E-state index contributed by atoms with van der Waals surface area (Å²) in [6.07, 6.45) is 7.84. The van der Waals surface area contributed by atoms with E-state index in [9.17, 15) is 9.59 Å². The van der Waals surface area contributed by atoms with Crippen molar-refractivity contribution >= 4 is 17.5 Å². The second kappa shape index (κ2) is 7.53. The molecule has 0 atom stereocenters. The molecule has 6 heteroatoms. The van der Waals surface area contributed by atoms with Gasteiger partial charge in [-0.2, -0.15) is 0 Å². The van der Waals surface area contributed by atoms with Crippen LogP contribution in [0, 0.1) is 5.92 Å². The van der Waals surface area contributed by atoms with Crippen LogP contribution in [0.15, 0.2) is 12.3 Å². The van der Waals surface area contributed by atoms with Crippen LogP contribution >= 0.6 is 0 Å². The Labute approximate surface area is 136 Å². The van der Waals surface area contributed by atoms with Crippen LogP contribution in [-0.2, 0) is 16.1 Å². The molecule has 1 aromatic heterocycles. The number of hydrogen-bond donors (Lipinski definition) is 1. The molecule has 6 nitrogen and oxygen atoms in total. The zero-order valence-corrected chi connectivity index (χ0v) is 13.5. The van der Waals surface area contributed by atoms with E-state index < -0.39 is 0 Å². The number of ketones is 1. The lowest BCUT2D eigenvalue weighted by molar-refractivity contribution is -0.128. The molecule has 2 aliphatic rings. The smallest absolute Gasteiger partial charge is 0.223 e. The molecule has 0 aromatic carbocycles. The number of carbonyl (C=O) groups excluding carboxylic acids is 2. The van der Waals surface area contributed by atoms with Crippen LogP contribution < -0.4 is 10.2 Å². The largest absolute Gasteiger partial charge is 0.357 e. The summed E-state index contributed by atoms with van der Waals surface area (Å²) < 4.78 is 0. The van der Waals surface area contributed by atoms with Crippen molar-refractivity contribution in [3.05, 3.63) is 18.1 Å². The van der Waals surface area contributed by atoms with Gasteiger partial charge in [-0.1, -0.05) is 0 Å². The summed E-state index contributed by atoms with van der Waals surface area (Å²) in [4.78, 5) is 34.5. The fourth-order valence-electron chi connectivity index (χ4n) is 3.29. The molecule has 1 aromatic rings. The van der Waals surface area contributed by atoms with E-state index in [1.54, 1.807) is 6.20 Å². The Bertz CT molecular complexity index is 559. The molecule has 1 saturated heterocycles. The molecule has 23 heavy (non-hydrogen) atoms. The Morgan fingerprint density at radius 3 is 2.70 bits per heavy atom. The second-order valence-electron chi connectivity index (χ2n) is 6.41. The summed E-state index contributed by atoms with van der Waals surface area (Å²) in [5.41, 5.74) is 0. The summed E-state index contributed by atoms with van der Waals surface area (Å²) in [6.45, 7) is 2.43. The van der Waals surface area contributed by atoms with Crippen molar-refractivity contribution < 1.29 is 9.59 Å². The van der Waals surface area contributed by atoms with Crippen LogP contribution in [0.1, 0.15) is 50.8 Å². The molecule has 0 bridgehead atoms. The fraction of sp³-hybridized carbons (Fsp3) is 0.647. The normalized spacial score (nSPS) is 19.7. The fourth-order valence-corrected chi connectivity index (χ4v) is 3.29. The number of piperidine rings is 1. The van der Waals surface area contributed by atoms with E-state index in [1.165, 1.54) is 19.3 Å². The van der Waals surface area contributed by atoms with Crippen molar-refractivity contribution in [2.24, 2.45) is 5.92 Å². The molecule has 0 radical (unpaired) electrons. The molecular weight excluding hydrogens is 292 g/mol. The highest BCUT2D eigenvalue weighted by Gasteiger charge is 2.24. The lowest BCUT2D eigenvalue weighted by atomic mass is 9.88. The highest BCUT2D eigenvalue weighted by atomic mass is 16.2. The topological polar surface area (TPSA) is 75.2 Å². The Kier molecular flexibility index (Phi) is 5.20. The number of aromatic nitrogens is 2. The first kappa shape index (κ1) is 15.9. The van der Waals surface area contributed by atoms with Gasteiger partial charge in [0.05, 0.1) is 6.54 Å². The number of hydrogen-bond acceptors (Lipinski definition) is 5. The number of amides is 1. The number of anilines is 1. The average Bonchev–Trinajstić information content (AvgIpc) is 2.61. The minimum absolute atomic E-state index is 0.0180. The Balaban J connectivity index is 1.53. The number of nitrogens with one attached hydrogen (secondary N) is 1. The summed E-state index contributed by atoms with van der Waals surface area (Å²) in [6, 6.07) is 1.93. The van der Waals surface area contributed by atoms with Gasteiger partial charge in [0.15, 0.2) is 0 Å². The second-order valence-corrected chi connectivity index (χ2v) is 6.41. The molecule has 1 aliphatic heterocycles. The summed E-state index contributed by atoms with van der Waals surface area (Å²) >= 11 is 0. The van der Waals surface area contributed by atoms with Crippen molar-refractivity contribution in [1.82, 2.24) is 15.3 Å². The van der Waals surface area contributed by atoms with Crippen molar-refractivity contribution in [3.8, 4) is 0 Å². The first-order valence-corrected chi connectivity index (χ1v) is 8.58. The van der Waals surface area contributed by atoms with Gasteiger partial charge in [0.1, 0.15) is 17.4 Å². The molecule has 2 heterocycles. The van der Waals surface area contributed by atoms with E-state index in [0.717, 1.165) is 18.9 Å². The van der Waals surface area contributed by atoms with E-state index in [-0.39, 0.29) is 17.6 Å². The number of rotatable bonds is 4. The van der Waals surface area contributed by atoms with E-state index in [0.29, 0.717) is 38.1 Å². The monoisotopic (exact) mass is 316 g/mol. The van der Waals surface area contributed by atoms with Gasteiger partial charge >= 0.3 is 0 Å². The minimum Gasteiger partial charge on any atom is -0.357 e. The van der Waals surface area contributed by atoms with E-state index in [1.807, 2.05) is 6.07 Å². The maximum Gasteiger partial charge on any atom is 0.223 e. The molecule has 1 aliphatic carbocycles. The molecule has 2 fully saturated rings. The van der Waals surface area contributed by atoms with E-state index >= 15 is 0 Å². The summed E-state index contributed by atoms with van der Waals surface area (Å²) in [5, 5.41) is 2.92. The molecule has 1 N–H and O–H groups in total. The van der Waals surface area contributed by atoms with Gasteiger partial charge in [-0.25, -0.2) is 9.97 Å². The Hall–Kier alpha value is -1.98. The van der Waals surface area contributed by atoms with Crippen molar-refractivity contribution in [3.63, 3.8) is 0 Å². The van der Waals surface area contributed by atoms with Crippen molar-refractivity contribution in [2.75, 3.05) is 18.0 Å². The quantitative estimate of drug-likeness (QED) is 0.917. The molecule has 0 spiro atoms. The van der Waals surface area contributed by atoms with E-state index in [2.05, 4.69) is 20.2 Å². The minimum atomic E-state index is -0.0435. The average molecular weight is 316 g/mol. The zero-order valence-electron chi connectivity index (χ0n) is 13.5. The van der Waals surface area contributed by atoms with Crippen molar-refractivity contribution in [2.45, 2.75) is 51.5 Å². The number of nitrogens with zero attached hydrogens (tertiary/aromatic N) is 3. The zero-order chi connectivity index (χ0) is 16.1.